The third-order valence-corrected chi connectivity index (χ3v) is 4.09. The van der Waals surface area contributed by atoms with Gasteiger partial charge in [0.15, 0.2) is 0 Å². The summed E-state index contributed by atoms with van der Waals surface area (Å²) in [6.45, 7) is 7.36. The highest BCUT2D eigenvalue weighted by molar-refractivity contribution is 7.15. The molecule has 3 nitrogen and oxygen atoms in total. The van der Waals surface area contributed by atoms with E-state index in [0.717, 1.165) is 15.4 Å². The molecule has 0 atom stereocenters. The maximum Gasteiger partial charge on any atom is 0.273 e. The lowest BCUT2D eigenvalue weighted by molar-refractivity contribution is 0.0767. The molecule has 0 radical (unpaired) electrons. The van der Waals surface area contributed by atoms with Gasteiger partial charge in [0.1, 0.15) is 10.7 Å². The fourth-order valence-electron chi connectivity index (χ4n) is 1.96. The first-order valence-corrected chi connectivity index (χ1v) is 7.31. The summed E-state index contributed by atoms with van der Waals surface area (Å²) in [6.07, 6.45) is 0. The molecule has 0 saturated carbocycles. The van der Waals surface area contributed by atoms with Gasteiger partial charge in [0.05, 0.1) is 0 Å². The van der Waals surface area contributed by atoms with E-state index in [-0.39, 0.29) is 5.91 Å². The summed E-state index contributed by atoms with van der Waals surface area (Å²) < 4.78 is 0. The Morgan fingerprint density at radius 3 is 2.42 bits per heavy atom. The summed E-state index contributed by atoms with van der Waals surface area (Å²) >= 11 is 1.58. The lowest BCUT2D eigenvalue weighted by Crippen LogP contribution is -2.31. The molecule has 2 aromatic rings. The summed E-state index contributed by atoms with van der Waals surface area (Å²) in [5.41, 5.74) is 1.65. The third-order valence-electron chi connectivity index (χ3n) is 3.07. The Kier molecular flexibility index (Phi) is 4.32. The normalized spacial score (nSPS) is 10.5. The third kappa shape index (κ3) is 2.84. The number of aromatic nitrogens is 1. The first kappa shape index (κ1) is 13.7. The van der Waals surface area contributed by atoms with Gasteiger partial charge in [-0.3, -0.25) is 4.79 Å². The molecular weight excluding hydrogens is 256 g/mol. The second-order valence-corrected chi connectivity index (χ2v) is 5.47. The summed E-state index contributed by atoms with van der Waals surface area (Å²) in [6, 6.07) is 9.98. The smallest absolute Gasteiger partial charge is 0.273 e. The number of aryl methyl sites for hydroxylation is 1. The Labute approximate surface area is 117 Å². The van der Waals surface area contributed by atoms with Gasteiger partial charge in [0.2, 0.25) is 0 Å². The highest BCUT2D eigenvalue weighted by atomic mass is 32.1. The number of benzene rings is 1. The molecule has 0 aliphatic carbocycles. The summed E-state index contributed by atoms with van der Waals surface area (Å²) in [4.78, 5) is 19.7. The van der Waals surface area contributed by atoms with Gasteiger partial charge in [-0.2, -0.15) is 0 Å². The van der Waals surface area contributed by atoms with E-state index in [1.54, 1.807) is 16.2 Å². The van der Waals surface area contributed by atoms with E-state index in [4.69, 9.17) is 0 Å². The number of amides is 1. The van der Waals surface area contributed by atoms with Crippen molar-refractivity contribution in [3.8, 4) is 10.6 Å². The molecule has 0 saturated heterocycles. The van der Waals surface area contributed by atoms with Crippen LogP contribution in [0, 0.1) is 6.92 Å². The van der Waals surface area contributed by atoms with Crippen molar-refractivity contribution in [2.24, 2.45) is 0 Å². The maximum absolute atomic E-state index is 12.3. The van der Waals surface area contributed by atoms with Crippen molar-refractivity contribution < 1.29 is 4.79 Å². The predicted octanol–water partition coefficient (Wildman–Crippen LogP) is 3.60. The van der Waals surface area contributed by atoms with Crippen LogP contribution in [0.5, 0.6) is 0 Å². The van der Waals surface area contributed by atoms with E-state index in [1.807, 2.05) is 51.1 Å². The van der Waals surface area contributed by atoms with Gasteiger partial charge in [-0.25, -0.2) is 4.98 Å². The van der Waals surface area contributed by atoms with Gasteiger partial charge < -0.3 is 4.90 Å². The maximum atomic E-state index is 12.3. The molecule has 19 heavy (non-hydrogen) atoms. The fraction of sp³-hybridized carbons (Fsp3) is 0.333. The molecule has 100 valence electrons. The van der Waals surface area contributed by atoms with E-state index in [2.05, 4.69) is 4.98 Å². The van der Waals surface area contributed by atoms with Crippen molar-refractivity contribution in [3.05, 3.63) is 40.9 Å². The number of nitrogens with zero attached hydrogens (tertiary/aromatic N) is 2. The minimum Gasteiger partial charge on any atom is -0.338 e. The van der Waals surface area contributed by atoms with Gasteiger partial charge >= 0.3 is 0 Å². The van der Waals surface area contributed by atoms with Crippen LogP contribution in [0.2, 0.25) is 0 Å². The Hall–Kier alpha value is -1.68. The van der Waals surface area contributed by atoms with E-state index in [9.17, 15) is 4.79 Å². The van der Waals surface area contributed by atoms with Crippen LogP contribution in [0.25, 0.3) is 10.6 Å². The Morgan fingerprint density at radius 2 is 1.84 bits per heavy atom. The van der Waals surface area contributed by atoms with Crippen LogP contribution in [0.15, 0.2) is 30.3 Å². The van der Waals surface area contributed by atoms with E-state index < -0.39 is 0 Å². The van der Waals surface area contributed by atoms with Gasteiger partial charge in [-0.05, 0) is 20.8 Å². The molecule has 1 amide bonds. The number of carbonyl (C=O) groups excluding carboxylic acids is 1. The highest BCUT2D eigenvalue weighted by Gasteiger charge is 2.19. The topological polar surface area (TPSA) is 33.2 Å². The highest BCUT2D eigenvalue weighted by Crippen LogP contribution is 2.28. The molecule has 0 aliphatic heterocycles. The van der Waals surface area contributed by atoms with Crippen molar-refractivity contribution in [2.45, 2.75) is 20.8 Å². The van der Waals surface area contributed by atoms with Crippen molar-refractivity contribution in [2.75, 3.05) is 13.1 Å². The monoisotopic (exact) mass is 274 g/mol. The van der Waals surface area contributed by atoms with Crippen molar-refractivity contribution in [1.82, 2.24) is 9.88 Å². The summed E-state index contributed by atoms with van der Waals surface area (Å²) in [5, 5.41) is 0.911. The number of carbonyl (C=O) groups is 1. The van der Waals surface area contributed by atoms with Crippen molar-refractivity contribution >= 4 is 17.2 Å². The molecule has 0 bridgehead atoms. The zero-order chi connectivity index (χ0) is 13.8. The predicted molar refractivity (Wildman–Crippen MR) is 79.5 cm³/mol. The zero-order valence-electron chi connectivity index (χ0n) is 11.5. The largest absolute Gasteiger partial charge is 0.338 e. The quantitative estimate of drug-likeness (QED) is 0.853. The second kappa shape index (κ2) is 5.97. The minimum absolute atomic E-state index is 0.0286. The van der Waals surface area contributed by atoms with Gasteiger partial charge in [-0.15, -0.1) is 11.3 Å². The van der Waals surface area contributed by atoms with Gasteiger partial charge in [-0.1, -0.05) is 30.3 Å². The van der Waals surface area contributed by atoms with Crippen molar-refractivity contribution in [3.63, 3.8) is 0 Å². The van der Waals surface area contributed by atoms with Gasteiger partial charge in [0, 0.05) is 23.5 Å². The first-order valence-electron chi connectivity index (χ1n) is 6.49. The number of hydrogen-bond acceptors (Lipinski definition) is 3. The van der Waals surface area contributed by atoms with Crippen LogP contribution >= 0.6 is 11.3 Å². The summed E-state index contributed by atoms with van der Waals surface area (Å²) in [5.74, 6) is 0.0286. The van der Waals surface area contributed by atoms with E-state index >= 15 is 0 Å². The minimum atomic E-state index is 0.0286. The average Bonchev–Trinajstić information content (AvgIpc) is 2.83. The summed E-state index contributed by atoms with van der Waals surface area (Å²) in [7, 11) is 0. The Morgan fingerprint density at radius 1 is 1.21 bits per heavy atom. The molecule has 0 fully saturated rings. The fourth-order valence-corrected chi connectivity index (χ4v) is 2.87. The van der Waals surface area contributed by atoms with E-state index in [1.165, 1.54) is 0 Å². The average molecular weight is 274 g/mol. The van der Waals surface area contributed by atoms with Crippen LogP contribution in [0.4, 0.5) is 0 Å². The molecule has 0 spiro atoms. The molecule has 4 heteroatoms. The molecule has 1 aromatic heterocycles. The molecule has 2 rings (SSSR count). The number of thiazole rings is 1. The molecule has 0 aliphatic rings. The molecule has 0 N–H and O–H groups in total. The molecule has 0 unspecified atom stereocenters. The SMILES string of the molecule is CCN(CC)C(=O)c1nc(-c2ccccc2)sc1C. The molecular formula is C15H18N2OS. The lowest BCUT2D eigenvalue weighted by atomic mass is 10.2. The Balaban J connectivity index is 2.34. The van der Waals surface area contributed by atoms with Crippen LogP contribution < -0.4 is 0 Å². The van der Waals surface area contributed by atoms with Crippen LogP contribution in [-0.4, -0.2) is 28.9 Å². The van der Waals surface area contributed by atoms with Crippen LogP contribution in [-0.2, 0) is 0 Å². The van der Waals surface area contributed by atoms with Crippen molar-refractivity contribution in [1.29, 1.82) is 0 Å². The number of hydrogen-bond donors (Lipinski definition) is 0. The number of rotatable bonds is 4. The van der Waals surface area contributed by atoms with Crippen LogP contribution in [0.3, 0.4) is 0 Å². The standard InChI is InChI=1S/C15H18N2OS/c1-4-17(5-2)15(18)13-11(3)19-14(16-13)12-9-7-6-8-10-12/h6-10H,4-5H2,1-3H3. The Bertz CT molecular complexity index is 559. The van der Waals surface area contributed by atoms with Crippen LogP contribution in [0.1, 0.15) is 29.2 Å². The van der Waals surface area contributed by atoms with E-state index in [0.29, 0.717) is 18.8 Å². The molecule has 1 heterocycles. The van der Waals surface area contributed by atoms with Gasteiger partial charge in [0.25, 0.3) is 5.91 Å². The zero-order valence-corrected chi connectivity index (χ0v) is 12.3. The second-order valence-electron chi connectivity index (χ2n) is 4.27. The molecule has 1 aromatic carbocycles. The first-order chi connectivity index (χ1) is 9.17. The lowest BCUT2D eigenvalue weighted by Gasteiger charge is -2.17.